The van der Waals surface area contributed by atoms with Crippen LogP contribution in [-0.4, -0.2) is 52.5 Å². The van der Waals surface area contributed by atoms with E-state index in [1.165, 1.54) is 0 Å². The van der Waals surface area contributed by atoms with E-state index in [4.69, 9.17) is 10.5 Å². The maximum Gasteiger partial charge on any atom is 0.414 e. The van der Waals surface area contributed by atoms with E-state index in [2.05, 4.69) is 23.6 Å². The Hall–Kier alpha value is -2.19. The van der Waals surface area contributed by atoms with Gasteiger partial charge in [-0.25, -0.2) is 4.79 Å². The van der Waals surface area contributed by atoms with Gasteiger partial charge in [0.05, 0.1) is 5.69 Å². The first-order valence-corrected chi connectivity index (χ1v) is 10.6. The van der Waals surface area contributed by atoms with Gasteiger partial charge in [-0.1, -0.05) is 30.0 Å². The molecule has 0 bridgehead atoms. The molecule has 1 aromatic carbocycles. The van der Waals surface area contributed by atoms with E-state index in [0.717, 1.165) is 37.2 Å². The molecule has 1 fully saturated rings. The summed E-state index contributed by atoms with van der Waals surface area (Å²) in [7, 11) is 0. The summed E-state index contributed by atoms with van der Waals surface area (Å²) in [6.07, 6.45) is 1.46. The number of hydrogen-bond acceptors (Lipinski definition) is 6. The first-order chi connectivity index (χ1) is 13.5. The monoisotopic (exact) mass is 402 g/mol. The zero-order valence-electron chi connectivity index (χ0n) is 16.2. The molecule has 3 aliphatic rings. The molecule has 150 valence electrons. The Labute approximate surface area is 169 Å². The lowest BCUT2D eigenvalue weighted by Gasteiger charge is -2.44. The molecule has 0 spiro atoms. The fourth-order valence-electron chi connectivity index (χ4n) is 4.24. The number of rotatable bonds is 4. The number of fused-ring (bicyclic) bond motifs is 1. The molecule has 0 aliphatic carbocycles. The maximum atomic E-state index is 12.5. The van der Waals surface area contributed by atoms with Crippen LogP contribution in [0.15, 0.2) is 35.4 Å². The molecule has 1 unspecified atom stereocenters. The first kappa shape index (κ1) is 19.1. The van der Waals surface area contributed by atoms with Gasteiger partial charge in [-0.2, -0.15) is 0 Å². The third-order valence-corrected chi connectivity index (χ3v) is 6.73. The fraction of sp³-hybridized carbons (Fsp3) is 0.500. The quantitative estimate of drug-likeness (QED) is 0.834. The highest BCUT2D eigenvalue weighted by molar-refractivity contribution is 8.02. The Morgan fingerprint density at radius 1 is 1.25 bits per heavy atom. The van der Waals surface area contributed by atoms with Crippen LogP contribution in [0.3, 0.4) is 0 Å². The highest BCUT2D eigenvalue weighted by Gasteiger charge is 2.39. The Morgan fingerprint density at radius 2 is 1.96 bits per heavy atom. The van der Waals surface area contributed by atoms with Gasteiger partial charge >= 0.3 is 6.09 Å². The number of carbonyl (C=O) groups is 2. The zero-order valence-corrected chi connectivity index (χ0v) is 17.0. The highest BCUT2D eigenvalue weighted by atomic mass is 32.2. The SMILES string of the molecule is CC(C)N1C(C(N)=O)=CSC1N1CCC(N2C(=O)OCc3ccccc32)CC1. The Balaban J connectivity index is 1.46. The van der Waals surface area contributed by atoms with Crippen LogP contribution in [0.25, 0.3) is 0 Å². The van der Waals surface area contributed by atoms with Gasteiger partial charge in [0.15, 0.2) is 0 Å². The highest BCUT2D eigenvalue weighted by Crippen LogP contribution is 2.38. The van der Waals surface area contributed by atoms with Crippen molar-refractivity contribution >= 4 is 29.4 Å². The van der Waals surface area contributed by atoms with Crippen LogP contribution in [0.2, 0.25) is 0 Å². The van der Waals surface area contributed by atoms with E-state index < -0.39 is 0 Å². The minimum absolute atomic E-state index is 0.0732. The molecule has 3 aliphatic heterocycles. The summed E-state index contributed by atoms with van der Waals surface area (Å²) in [5.41, 5.74) is 8.24. The molecule has 28 heavy (non-hydrogen) atoms. The minimum atomic E-state index is -0.383. The van der Waals surface area contributed by atoms with Gasteiger partial charge in [0.1, 0.15) is 17.8 Å². The second-order valence-electron chi connectivity index (χ2n) is 7.65. The van der Waals surface area contributed by atoms with E-state index in [1.54, 1.807) is 11.8 Å². The van der Waals surface area contributed by atoms with E-state index in [0.29, 0.717) is 12.3 Å². The van der Waals surface area contributed by atoms with Crippen molar-refractivity contribution < 1.29 is 14.3 Å². The number of nitrogens with two attached hydrogens (primary N) is 1. The molecule has 4 rings (SSSR count). The zero-order chi connectivity index (χ0) is 19.8. The van der Waals surface area contributed by atoms with Gasteiger partial charge in [-0.3, -0.25) is 14.6 Å². The summed E-state index contributed by atoms with van der Waals surface area (Å²) in [5, 5.41) is 1.87. The minimum Gasteiger partial charge on any atom is -0.444 e. The predicted molar refractivity (Wildman–Crippen MR) is 109 cm³/mol. The molecule has 0 aromatic heterocycles. The van der Waals surface area contributed by atoms with Crippen molar-refractivity contribution in [3.05, 3.63) is 40.9 Å². The van der Waals surface area contributed by atoms with Crippen molar-refractivity contribution in [3.63, 3.8) is 0 Å². The number of anilines is 1. The van der Waals surface area contributed by atoms with Crippen LogP contribution in [0.1, 0.15) is 32.3 Å². The molecule has 7 nitrogen and oxygen atoms in total. The summed E-state index contributed by atoms with van der Waals surface area (Å²) < 4.78 is 5.39. The maximum absolute atomic E-state index is 12.5. The van der Waals surface area contributed by atoms with E-state index >= 15 is 0 Å². The van der Waals surface area contributed by atoms with Gasteiger partial charge in [0, 0.05) is 36.1 Å². The molecule has 3 heterocycles. The standard InChI is InChI=1S/C20H26N4O3S/c1-13(2)23-17(18(21)25)12-28-19(23)22-9-7-15(8-10-22)24-16-6-4-3-5-14(16)11-27-20(24)26/h3-6,12-13,15,19H,7-11H2,1-2H3,(H2,21,25). The smallest absolute Gasteiger partial charge is 0.414 e. The van der Waals surface area contributed by atoms with E-state index in [1.807, 2.05) is 34.6 Å². The Morgan fingerprint density at radius 3 is 2.64 bits per heavy atom. The summed E-state index contributed by atoms with van der Waals surface area (Å²) in [6, 6.07) is 8.24. The third-order valence-electron chi connectivity index (χ3n) is 5.60. The topological polar surface area (TPSA) is 79.1 Å². The second kappa shape index (κ2) is 7.67. The van der Waals surface area contributed by atoms with E-state index in [9.17, 15) is 9.59 Å². The van der Waals surface area contributed by atoms with Gasteiger partial charge in [-0.05, 0) is 32.8 Å². The number of thioether (sulfide) groups is 1. The molecular formula is C20H26N4O3S. The van der Waals surface area contributed by atoms with Crippen molar-refractivity contribution in [2.24, 2.45) is 5.73 Å². The van der Waals surface area contributed by atoms with Crippen molar-refractivity contribution in [1.82, 2.24) is 9.80 Å². The van der Waals surface area contributed by atoms with Crippen LogP contribution < -0.4 is 10.6 Å². The molecule has 0 radical (unpaired) electrons. The molecular weight excluding hydrogens is 376 g/mol. The average Bonchev–Trinajstić information content (AvgIpc) is 3.14. The number of para-hydroxylation sites is 1. The molecule has 8 heteroatoms. The normalized spacial score (nSPS) is 23.6. The molecule has 0 saturated carbocycles. The number of primary amides is 1. The largest absolute Gasteiger partial charge is 0.444 e. The van der Waals surface area contributed by atoms with Crippen molar-refractivity contribution in [2.45, 2.75) is 50.9 Å². The number of piperidine rings is 1. The lowest BCUT2D eigenvalue weighted by molar-refractivity contribution is -0.116. The molecule has 2 N–H and O–H groups in total. The number of nitrogens with zero attached hydrogens (tertiary/aromatic N) is 3. The van der Waals surface area contributed by atoms with Crippen LogP contribution >= 0.6 is 11.8 Å². The Kier molecular flexibility index (Phi) is 5.25. The van der Waals surface area contributed by atoms with Crippen LogP contribution in [0, 0.1) is 0 Å². The lowest BCUT2D eigenvalue weighted by atomic mass is 10.0. The lowest BCUT2D eigenvalue weighted by Crippen LogP contribution is -2.54. The number of cyclic esters (lactones) is 1. The van der Waals surface area contributed by atoms with Crippen molar-refractivity contribution in [2.75, 3.05) is 18.0 Å². The number of benzene rings is 1. The molecule has 2 amide bonds. The number of hydrogen-bond donors (Lipinski definition) is 1. The summed E-state index contributed by atoms with van der Waals surface area (Å²) in [4.78, 5) is 30.5. The van der Waals surface area contributed by atoms with Crippen LogP contribution in [0.4, 0.5) is 10.5 Å². The predicted octanol–water partition coefficient (Wildman–Crippen LogP) is 2.68. The van der Waals surface area contributed by atoms with Crippen molar-refractivity contribution in [1.29, 1.82) is 0 Å². The number of carbonyl (C=O) groups excluding carboxylic acids is 2. The fourth-order valence-corrected chi connectivity index (χ4v) is 5.60. The summed E-state index contributed by atoms with van der Waals surface area (Å²) >= 11 is 1.63. The molecule has 1 saturated heterocycles. The second-order valence-corrected chi connectivity index (χ2v) is 8.58. The first-order valence-electron chi connectivity index (χ1n) is 9.69. The molecule has 1 aromatic rings. The van der Waals surface area contributed by atoms with E-state index in [-0.39, 0.29) is 29.6 Å². The Bertz CT molecular complexity index is 804. The van der Waals surface area contributed by atoms with Crippen molar-refractivity contribution in [3.8, 4) is 0 Å². The number of amides is 2. The van der Waals surface area contributed by atoms with Crippen LogP contribution in [0.5, 0.6) is 0 Å². The van der Waals surface area contributed by atoms with Gasteiger partial charge < -0.3 is 15.4 Å². The summed E-state index contributed by atoms with van der Waals surface area (Å²) in [6.45, 7) is 6.18. The average molecular weight is 403 g/mol. The summed E-state index contributed by atoms with van der Waals surface area (Å²) in [5.74, 6) is -0.383. The third kappa shape index (κ3) is 3.35. The van der Waals surface area contributed by atoms with Gasteiger partial charge in [0.25, 0.3) is 5.91 Å². The van der Waals surface area contributed by atoms with Crippen LogP contribution in [-0.2, 0) is 16.1 Å². The van der Waals surface area contributed by atoms with Gasteiger partial charge in [0.2, 0.25) is 0 Å². The number of ether oxygens (including phenoxy) is 1. The molecule has 1 atom stereocenters. The number of likely N-dealkylation sites (tertiary alicyclic amines) is 1. The van der Waals surface area contributed by atoms with Gasteiger partial charge in [-0.15, -0.1) is 0 Å².